The van der Waals surface area contributed by atoms with Crippen LogP contribution in [0.2, 0.25) is 0 Å². The van der Waals surface area contributed by atoms with Crippen molar-refractivity contribution in [3.8, 4) is 0 Å². The summed E-state index contributed by atoms with van der Waals surface area (Å²) in [5, 5.41) is 10.9. The van der Waals surface area contributed by atoms with Gasteiger partial charge in [0.25, 0.3) is 0 Å². The number of allylic oxidation sites excluding steroid dienone is 2. The highest BCUT2D eigenvalue weighted by molar-refractivity contribution is 5.80. The van der Waals surface area contributed by atoms with E-state index in [1.807, 2.05) is 12.1 Å². The number of nitrogens with two attached hydrogens (primary N) is 1. The first kappa shape index (κ1) is 16.3. The van der Waals surface area contributed by atoms with E-state index in [1.165, 1.54) is 5.57 Å². The molecule has 0 unspecified atom stereocenters. The maximum absolute atomic E-state index is 11.5. The highest BCUT2D eigenvalue weighted by Gasteiger charge is 2.34. The lowest BCUT2D eigenvalue weighted by molar-refractivity contribution is -0.125. The van der Waals surface area contributed by atoms with Gasteiger partial charge in [0.05, 0.1) is 5.60 Å². The number of aliphatic hydroxyl groups is 1. The van der Waals surface area contributed by atoms with Crippen molar-refractivity contribution in [1.82, 2.24) is 0 Å². The molecule has 3 rings (SSSR count). The molecule has 0 spiro atoms. The quantitative estimate of drug-likeness (QED) is 0.805. The second-order valence-corrected chi connectivity index (χ2v) is 7.97. The van der Waals surface area contributed by atoms with E-state index in [0.717, 1.165) is 36.1 Å². The zero-order chi connectivity index (χ0) is 16.7. The number of nitrogen functional groups attached to an aromatic ring is 1. The minimum absolute atomic E-state index is 0.252. The summed E-state index contributed by atoms with van der Waals surface area (Å²) in [6, 6.07) is 5.87. The van der Waals surface area contributed by atoms with Gasteiger partial charge < -0.3 is 10.8 Å². The van der Waals surface area contributed by atoms with E-state index in [2.05, 4.69) is 26.0 Å². The zero-order valence-electron chi connectivity index (χ0n) is 14.2. The van der Waals surface area contributed by atoms with Gasteiger partial charge in [0.1, 0.15) is 5.78 Å². The fraction of sp³-hybridized carbons (Fsp3) is 0.550. The van der Waals surface area contributed by atoms with Gasteiger partial charge in [0, 0.05) is 24.1 Å². The van der Waals surface area contributed by atoms with E-state index in [9.17, 15) is 9.90 Å². The van der Waals surface area contributed by atoms with Gasteiger partial charge in [-0.2, -0.15) is 0 Å². The van der Waals surface area contributed by atoms with E-state index >= 15 is 0 Å². The largest absolute Gasteiger partial charge is 0.398 e. The van der Waals surface area contributed by atoms with Crippen LogP contribution in [0.3, 0.4) is 0 Å². The lowest BCUT2D eigenvalue weighted by Crippen LogP contribution is -2.31. The van der Waals surface area contributed by atoms with Gasteiger partial charge in [-0.25, -0.2) is 0 Å². The van der Waals surface area contributed by atoms with Crippen LogP contribution in [-0.4, -0.2) is 10.9 Å². The zero-order valence-corrected chi connectivity index (χ0v) is 14.2. The van der Waals surface area contributed by atoms with Crippen molar-refractivity contribution in [3.63, 3.8) is 0 Å². The molecule has 2 aliphatic carbocycles. The highest BCUT2D eigenvalue weighted by Crippen LogP contribution is 2.42. The average Bonchev–Trinajstić information content (AvgIpc) is 2.51. The molecule has 0 radical (unpaired) electrons. The van der Waals surface area contributed by atoms with Crippen molar-refractivity contribution in [2.45, 2.75) is 64.4 Å². The Morgan fingerprint density at radius 1 is 1.09 bits per heavy atom. The third-order valence-corrected chi connectivity index (χ3v) is 5.54. The Kier molecular flexibility index (Phi) is 4.09. The Morgan fingerprint density at radius 2 is 1.78 bits per heavy atom. The van der Waals surface area contributed by atoms with Crippen molar-refractivity contribution in [3.05, 3.63) is 35.4 Å². The fourth-order valence-corrected chi connectivity index (χ4v) is 3.68. The molecule has 23 heavy (non-hydrogen) atoms. The molecule has 0 heterocycles. The maximum Gasteiger partial charge on any atom is 0.133 e. The van der Waals surface area contributed by atoms with E-state index in [4.69, 9.17) is 5.73 Å². The van der Waals surface area contributed by atoms with Crippen molar-refractivity contribution >= 4 is 17.0 Å². The third kappa shape index (κ3) is 3.35. The minimum Gasteiger partial charge on any atom is -0.398 e. The number of hydrogen-bond donors (Lipinski definition) is 2. The molecular weight excluding hydrogens is 286 g/mol. The molecule has 3 N–H and O–H groups in total. The molecule has 1 aromatic rings. The van der Waals surface area contributed by atoms with Crippen LogP contribution in [0.5, 0.6) is 0 Å². The van der Waals surface area contributed by atoms with Gasteiger partial charge in [-0.05, 0) is 60.8 Å². The summed E-state index contributed by atoms with van der Waals surface area (Å²) in [7, 11) is 0. The second kappa shape index (κ2) is 5.79. The molecule has 3 heteroatoms. The molecule has 1 fully saturated rings. The minimum atomic E-state index is -0.884. The number of anilines is 1. The molecule has 124 valence electrons. The summed E-state index contributed by atoms with van der Waals surface area (Å²) in [5.41, 5.74) is 9.71. The maximum atomic E-state index is 11.5. The van der Waals surface area contributed by atoms with E-state index in [-0.39, 0.29) is 5.78 Å². The average molecular weight is 313 g/mol. The van der Waals surface area contributed by atoms with Crippen LogP contribution < -0.4 is 5.73 Å². The van der Waals surface area contributed by atoms with E-state index < -0.39 is 5.60 Å². The number of carbonyl (C=O) groups is 1. The molecule has 0 bridgehead atoms. The van der Waals surface area contributed by atoms with Gasteiger partial charge in [0.2, 0.25) is 0 Å². The Bertz CT molecular complexity index is 648. The molecule has 0 aliphatic heterocycles. The molecule has 1 aromatic carbocycles. The first-order chi connectivity index (χ1) is 10.8. The van der Waals surface area contributed by atoms with Crippen molar-refractivity contribution in [1.29, 1.82) is 0 Å². The van der Waals surface area contributed by atoms with Crippen LogP contribution in [0, 0.1) is 5.41 Å². The predicted octanol–water partition coefficient (Wildman–Crippen LogP) is 4.19. The Balaban J connectivity index is 1.91. The molecule has 0 atom stereocenters. The lowest BCUT2D eigenvalue weighted by atomic mass is 9.75. The van der Waals surface area contributed by atoms with Crippen molar-refractivity contribution < 1.29 is 9.90 Å². The lowest BCUT2D eigenvalue weighted by Gasteiger charge is -2.33. The monoisotopic (exact) mass is 313 g/mol. The molecule has 0 amide bonds. The highest BCUT2D eigenvalue weighted by atomic mass is 16.3. The summed E-state index contributed by atoms with van der Waals surface area (Å²) in [4.78, 5) is 11.5. The smallest absolute Gasteiger partial charge is 0.133 e. The van der Waals surface area contributed by atoms with Gasteiger partial charge in [-0.3, -0.25) is 4.79 Å². The molecule has 1 saturated carbocycles. The molecule has 0 aromatic heterocycles. The Hall–Kier alpha value is -1.61. The number of carbonyl (C=O) groups excluding carboxylic acids is 1. The van der Waals surface area contributed by atoms with Crippen LogP contribution >= 0.6 is 0 Å². The molecular formula is C20H27NO2. The normalized spacial score (nSPS) is 23.4. The third-order valence-electron chi connectivity index (χ3n) is 5.54. The van der Waals surface area contributed by atoms with Gasteiger partial charge in [-0.1, -0.05) is 26.0 Å². The van der Waals surface area contributed by atoms with Crippen molar-refractivity contribution in [2.75, 3.05) is 5.73 Å². The van der Waals surface area contributed by atoms with Crippen LogP contribution in [0.4, 0.5) is 5.69 Å². The number of hydrogen-bond acceptors (Lipinski definition) is 3. The van der Waals surface area contributed by atoms with Gasteiger partial charge >= 0.3 is 0 Å². The summed E-state index contributed by atoms with van der Waals surface area (Å²) in [5.74, 6) is 0.252. The van der Waals surface area contributed by atoms with Crippen LogP contribution in [-0.2, 0) is 10.4 Å². The summed E-state index contributed by atoms with van der Waals surface area (Å²) < 4.78 is 0. The Morgan fingerprint density at radius 3 is 2.39 bits per heavy atom. The van der Waals surface area contributed by atoms with Crippen LogP contribution in [0.1, 0.15) is 69.9 Å². The first-order valence-corrected chi connectivity index (χ1v) is 8.63. The summed E-state index contributed by atoms with van der Waals surface area (Å²) in [6.07, 6.45) is 7.50. The standard InChI is InChI=1S/C20H27NO2/c1-19(2)9-5-14(6-10-19)17-13-15(3-4-18(17)21)20(23)11-7-16(22)8-12-20/h3-5,13,23H,6-12,21H2,1-2H3. The SMILES string of the molecule is CC1(C)CC=C(c2cc(C3(O)CCC(=O)CC3)ccc2N)CC1. The summed E-state index contributed by atoms with van der Waals surface area (Å²) in [6.45, 7) is 4.59. The topological polar surface area (TPSA) is 63.3 Å². The van der Waals surface area contributed by atoms with E-state index in [1.54, 1.807) is 0 Å². The number of benzene rings is 1. The second-order valence-electron chi connectivity index (χ2n) is 7.97. The molecule has 0 saturated heterocycles. The van der Waals surface area contributed by atoms with Crippen molar-refractivity contribution in [2.24, 2.45) is 5.41 Å². The predicted molar refractivity (Wildman–Crippen MR) is 93.8 cm³/mol. The van der Waals surface area contributed by atoms with Gasteiger partial charge in [-0.15, -0.1) is 0 Å². The molecule has 2 aliphatic rings. The number of rotatable bonds is 2. The van der Waals surface area contributed by atoms with E-state index in [0.29, 0.717) is 31.1 Å². The summed E-state index contributed by atoms with van der Waals surface area (Å²) >= 11 is 0. The van der Waals surface area contributed by atoms with Gasteiger partial charge in [0.15, 0.2) is 0 Å². The molecule has 3 nitrogen and oxygen atoms in total. The van der Waals surface area contributed by atoms with Crippen LogP contribution in [0.25, 0.3) is 5.57 Å². The first-order valence-electron chi connectivity index (χ1n) is 8.63. The Labute approximate surface area is 138 Å². The fourth-order valence-electron chi connectivity index (χ4n) is 3.68. The number of ketones is 1. The number of Topliss-reactive ketones (excluding diaryl/α,β-unsaturated/α-hetero) is 1. The van der Waals surface area contributed by atoms with Crippen LogP contribution in [0.15, 0.2) is 24.3 Å².